The van der Waals surface area contributed by atoms with Gasteiger partial charge in [-0.25, -0.2) is 14.4 Å². The number of nitrogens with one attached hydrogen (secondary N) is 2. The molecule has 0 fully saturated rings. The van der Waals surface area contributed by atoms with Crippen LogP contribution in [0.25, 0.3) is 22.8 Å². The molecule has 0 radical (unpaired) electrons. The predicted octanol–water partition coefficient (Wildman–Crippen LogP) is 3.22. The number of fused-ring (bicyclic) bond motifs is 1. The first-order valence-electron chi connectivity index (χ1n) is 7.41. The minimum absolute atomic E-state index is 0.103. The second-order valence-electron chi connectivity index (χ2n) is 5.47. The SMILES string of the molecule is O=C1NCCc2[nH]c(-c3ccnc(-c4cc(Cl)ccc4F)n3)cc21. The van der Waals surface area contributed by atoms with E-state index in [0.717, 1.165) is 12.1 Å². The molecule has 5 nitrogen and oxygen atoms in total. The van der Waals surface area contributed by atoms with Gasteiger partial charge in [0, 0.05) is 29.9 Å². The van der Waals surface area contributed by atoms with Crippen LogP contribution in [0.2, 0.25) is 5.02 Å². The van der Waals surface area contributed by atoms with E-state index in [1.165, 1.54) is 18.2 Å². The first-order chi connectivity index (χ1) is 11.6. The molecule has 120 valence electrons. The molecule has 0 unspecified atom stereocenters. The van der Waals surface area contributed by atoms with Crippen molar-refractivity contribution < 1.29 is 9.18 Å². The lowest BCUT2D eigenvalue weighted by atomic mass is 10.1. The summed E-state index contributed by atoms with van der Waals surface area (Å²) >= 11 is 5.94. The second kappa shape index (κ2) is 5.72. The Kier molecular flexibility index (Phi) is 3.54. The molecule has 24 heavy (non-hydrogen) atoms. The van der Waals surface area contributed by atoms with Gasteiger partial charge in [-0.05, 0) is 30.3 Å². The minimum atomic E-state index is -0.443. The summed E-state index contributed by atoms with van der Waals surface area (Å²) in [6.45, 7) is 0.606. The van der Waals surface area contributed by atoms with Crippen molar-refractivity contribution in [3.8, 4) is 22.8 Å². The van der Waals surface area contributed by atoms with E-state index in [1.54, 1.807) is 18.3 Å². The van der Waals surface area contributed by atoms with Gasteiger partial charge in [-0.1, -0.05) is 11.6 Å². The Morgan fingerprint density at radius 2 is 2.04 bits per heavy atom. The highest BCUT2D eigenvalue weighted by Crippen LogP contribution is 2.27. The van der Waals surface area contributed by atoms with Crippen LogP contribution in [0.5, 0.6) is 0 Å². The Labute approximate surface area is 141 Å². The Balaban J connectivity index is 1.78. The Morgan fingerprint density at radius 3 is 2.88 bits per heavy atom. The molecule has 1 aromatic carbocycles. The van der Waals surface area contributed by atoms with Crippen LogP contribution >= 0.6 is 11.6 Å². The number of hydrogen-bond donors (Lipinski definition) is 2. The third-order valence-electron chi connectivity index (χ3n) is 3.91. The van der Waals surface area contributed by atoms with Crippen LogP contribution in [-0.2, 0) is 6.42 Å². The van der Waals surface area contributed by atoms with Gasteiger partial charge >= 0.3 is 0 Å². The van der Waals surface area contributed by atoms with Gasteiger partial charge in [0.25, 0.3) is 5.91 Å². The van der Waals surface area contributed by atoms with Gasteiger partial charge in [0.05, 0.1) is 22.5 Å². The normalized spacial score (nSPS) is 13.5. The number of aromatic amines is 1. The largest absolute Gasteiger partial charge is 0.356 e. The quantitative estimate of drug-likeness (QED) is 0.751. The Hall–Kier alpha value is -2.73. The van der Waals surface area contributed by atoms with E-state index < -0.39 is 5.82 Å². The smallest absolute Gasteiger partial charge is 0.253 e. The maximum atomic E-state index is 14.0. The van der Waals surface area contributed by atoms with E-state index >= 15 is 0 Å². The van der Waals surface area contributed by atoms with E-state index in [4.69, 9.17) is 11.6 Å². The summed E-state index contributed by atoms with van der Waals surface area (Å²) in [4.78, 5) is 23.6. The minimum Gasteiger partial charge on any atom is -0.356 e. The van der Waals surface area contributed by atoms with Gasteiger partial charge in [0.2, 0.25) is 0 Å². The molecule has 0 aliphatic carbocycles. The third-order valence-corrected chi connectivity index (χ3v) is 4.14. The molecular weight excluding hydrogens is 331 g/mol. The molecule has 2 aromatic heterocycles. The van der Waals surface area contributed by atoms with Crippen molar-refractivity contribution in [2.75, 3.05) is 6.54 Å². The zero-order valence-electron chi connectivity index (χ0n) is 12.4. The average Bonchev–Trinajstić information content (AvgIpc) is 3.03. The van der Waals surface area contributed by atoms with Crippen LogP contribution < -0.4 is 5.32 Å². The summed E-state index contributed by atoms with van der Waals surface area (Å²) in [5.41, 5.74) is 3.01. The monoisotopic (exact) mass is 342 g/mol. The lowest BCUT2D eigenvalue weighted by Gasteiger charge is -2.10. The Bertz CT molecular complexity index is 954. The molecular formula is C17H12ClFN4O. The number of amides is 1. The summed E-state index contributed by atoms with van der Waals surface area (Å²) in [6, 6.07) is 7.71. The van der Waals surface area contributed by atoms with Crippen LogP contribution in [0.15, 0.2) is 36.5 Å². The fourth-order valence-corrected chi connectivity index (χ4v) is 2.91. The zero-order chi connectivity index (χ0) is 16.7. The molecule has 3 aromatic rings. The van der Waals surface area contributed by atoms with Crippen molar-refractivity contribution in [1.29, 1.82) is 0 Å². The fourth-order valence-electron chi connectivity index (χ4n) is 2.74. The molecule has 3 heterocycles. The maximum Gasteiger partial charge on any atom is 0.253 e. The number of H-pyrrole nitrogens is 1. The number of carbonyl (C=O) groups is 1. The molecule has 0 spiro atoms. The van der Waals surface area contributed by atoms with Crippen molar-refractivity contribution in [3.05, 3.63) is 58.6 Å². The maximum absolute atomic E-state index is 14.0. The van der Waals surface area contributed by atoms with Crippen molar-refractivity contribution >= 4 is 17.5 Å². The van der Waals surface area contributed by atoms with Crippen LogP contribution in [0.4, 0.5) is 4.39 Å². The predicted molar refractivity (Wildman–Crippen MR) is 88.3 cm³/mol. The van der Waals surface area contributed by atoms with Gasteiger partial charge in [-0.15, -0.1) is 0 Å². The summed E-state index contributed by atoms with van der Waals surface area (Å²) in [6.07, 6.45) is 2.29. The number of rotatable bonds is 2. The lowest BCUT2D eigenvalue weighted by molar-refractivity contribution is 0.0946. The summed E-state index contributed by atoms with van der Waals surface area (Å²) in [7, 11) is 0. The molecule has 1 amide bonds. The topological polar surface area (TPSA) is 70.7 Å². The van der Waals surface area contributed by atoms with Crippen LogP contribution in [0.3, 0.4) is 0 Å². The van der Waals surface area contributed by atoms with E-state index in [1.807, 2.05) is 0 Å². The van der Waals surface area contributed by atoms with Crippen molar-refractivity contribution in [3.63, 3.8) is 0 Å². The van der Waals surface area contributed by atoms with Gasteiger partial charge in [-0.2, -0.15) is 0 Å². The summed E-state index contributed by atoms with van der Waals surface area (Å²) in [5.74, 6) is -0.305. The number of halogens is 2. The molecule has 0 bridgehead atoms. The molecule has 0 saturated carbocycles. The zero-order valence-corrected chi connectivity index (χ0v) is 13.2. The first-order valence-corrected chi connectivity index (χ1v) is 7.78. The molecule has 7 heteroatoms. The number of hydrogen-bond acceptors (Lipinski definition) is 3. The van der Waals surface area contributed by atoms with Crippen LogP contribution in [0.1, 0.15) is 16.1 Å². The summed E-state index contributed by atoms with van der Waals surface area (Å²) < 4.78 is 14.0. The van der Waals surface area contributed by atoms with Crippen LogP contribution in [-0.4, -0.2) is 27.4 Å². The molecule has 1 aliphatic rings. The highest BCUT2D eigenvalue weighted by molar-refractivity contribution is 6.30. The lowest BCUT2D eigenvalue weighted by Crippen LogP contribution is -2.31. The van der Waals surface area contributed by atoms with E-state index in [-0.39, 0.29) is 17.3 Å². The Morgan fingerprint density at radius 1 is 1.17 bits per heavy atom. The first kappa shape index (κ1) is 14.8. The average molecular weight is 343 g/mol. The fraction of sp³-hybridized carbons (Fsp3) is 0.118. The van der Waals surface area contributed by atoms with Gasteiger partial charge in [0.15, 0.2) is 5.82 Å². The van der Waals surface area contributed by atoms with Crippen molar-refractivity contribution in [2.24, 2.45) is 0 Å². The number of nitrogens with zero attached hydrogens (tertiary/aromatic N) is 2. The highest BCUT2D eigenvalue weighted by Gasteiger charge is 2.20. The van der Waals surface area contributed by atoms with Gasteiger partial charge < -0.3 is 10.3 Å². The third kappa shape index (κ3) is 2.55. The highest BCUT2D eigenvalue weighted by atomic mass is 35.5. The molecule has 1 aliphatic heterocycles. The van der Waals surface area contributed by atoms with Gasteiger partial charge in [-0.3, -0.25) is 4.79 Å². The second-order valence-corrected chi connectivity index (χ2v) is 5.91. The van der Waals surface area contributed by atoms with Gasteiger partial charge in [0.1, 0.15) is 5.82 Å². The standard InChI is InChI=1S/C17H12ClFN4O/c18-9-1-2-12(19)10(7-9)16-20-5-4-14(23-16)15-8-11-13(22-15)3-6-21-17(11)24/h1-2,4-5,7-8,22H,3,6H2,(H,21,24). The molecule has 0 saturated heterocycles. The summed E-state index contributed by atoms with van der Waals surface area (Å²) in [5, 5.41) is 3.21. The van der Waals surface area contributed by atoms with Crippen molar-refractivity contribution in [2.45, 2.75) is 6.42 Å². The van der Waals surface area contributed by atoms with E-state index in [0.29, 0.717) is 28.5 Å². The molecule has 2 N–H and O–H groups in total. The number of benzene rings is 1. The van der Waals surface area contributed by atoms with E-state index in [2.05, 4.69) is 20.3 Å². The van der Waals surface area contributed by atoms with Crippen molar-refractivity contribution in [1.82, 2.24) is 20.3 Å². The number of aromatic nitrogens is 3. The van der Waals surface area contributed by atoms with E-state index in [9.17, 15) is 9.18 Å². The number of carbonyl (C=O) groups excluding carboxylic acids is 1. The molecule has 0 atom stereocenters. The van der Waals surface area contributed by atoms with Crippen LogP contribution in [0, 0.1) is 5.82 Å². The molecule has 4 rings (SSSR count).